The second-order valence-electron chi connectivity index (χ2n) is 4.94. The summed E-state index contributed by atoms with van der Waals surface area (Å²) in [4.78, 5) is 2.44. The highest BCUT2D eigenvalue weighted by molar-refractivity contribution is 5.47. The third-order valence-electron chi connectivity index (χ3n) is 3.61. The molecule has 112 valence electrons. The average Bonchev–Trinajstić information content (AvgIpc) is 2.49. The molecule has 1 aliphatic rings. The van der Waals surface area contributed by atoms with Crippen LogP contribution in [0.1, 0.15) is 11.1 Å². The molecule has 1 aromatic carbocycles. The first kappa shape index (κ1) is 15.1. The molecule has 2 rings (SSSR count). The first-order valence-corrected chi connectivity index (χ1v) is 6.94. The Labute approximate surface area is 120 Å². The van der Waals surface area contributed by atoms with Crippen molar-refractivity contribution in [2.24, 2.45) is 0 Å². The van der Waals surface area contributed by atoms with Gasteiger partial charge in [-0.3, -0.25) is 4.90 Å². The molecule has 1 heterocycles. The first-order valence-electron chi connectivity index (χ1n) is 6.94. The fourth-order valence-electron chi connectivity index (χ4n) is 2.51. The zero-order chi connectivity index (χ0) is 14.4. The van der Waals surface area contributed by atoms with Gasteiger partial charge in [0.25, 0.3) is 0 Å². The topological polar surface area (TPSA) is 43.0 Å². The van der Waals surface area contributed by atoms with Crippen LogP contribution in [0.25, 0.3) is 0 Å². The lowest BCUT2D eigenvalue weighted by molar-refractivity contribution is 0.180. The maximum absolute atomic E-state index is 5.40. The zero-order valence-corrected chi connectivity index (χ0v) is 12.6. The fraction of sp³-hybridized carbons (Fsp3) is 0.600. The minimum absolute atomic E-state index is 0.585. The summed E-state index contributed by atoms with van der Waals surface area (Å²) in [6.45, 7) is 5.74. The molecule has 0 radical (unpaired) electrons. The van der Waals surface area contributed by atoms with E-state index in [1.54, 1.807) is 21.3 Å². The van der Waals surface area contributed by atoms with Gasteiger partial charge >= 0.3 is 0 Å². The van der Waals surface area contributed by atoms with E-state index in [0.29, 0.717) is 6.61 Å². The molecule has 1 N–H and O–H groups in total. The summed E-state index contributed by atoms with van der Waals surface area (Å²) in [5.41, 5.74) is 2.40. The van der Waals surface area contributed by atoms with Crippen molar-refractivity contribution in [3.63, 3.8) is 0 Å². The smallest absolute Gasteiger partial charge is 0.161 e. The van der Waals surface area contributed by atoms with Crippen LogP contribution in [0, 0.1) is 0 Å². The molecule has 1 saturated heterocycles. The first-order chi connectivity index (χ1) is 9.78. The minimum Gasteiger partial charge on any atom is -0.493 e. The van der Waals surface area contributed by atoms with E-state index in [2.05, 4.69) is 16.3 Å². The third kappa shape index (κ3) is 3.62. The summed E-state index contributed by atoms with van der Waals surface area (Å²) in [7, 11) is 5.04. The van der Waals surface area contributed by atoms with Crippen LogP contribution in [0.4, 0.5) is 0 Å². The molecule has 0 aliphatic carbocycles. The minimum atomic E-state index is 0.585. The van der Waals surface area contributed by atoms with Crippen LogP contribution in [-0.2, 0) is 17.9 Å². The Balaban J connectivity index is 2.23. The standard InChI is InChI=1S/C15H24N2O3/c1-18-11-13-9-15(20-3)14(19-2)8-12(13)10-17-6-4-16-5-7-17/h8-9,16H,4-7,10-11H2,1-3H3. The number of ether oxygens (including phenoxy) is 3. The van der Waals surface area contributed by atoms with Crippen LogP contribution in [0.3, 0.4) is 0 Å². The second-order valence-corrected chi connectivity index (χ2v) is 4.94. The van der Waals surface area contributed by atoms with Crippen LogP contribution in [0.5, 0.6) is 11.5 Å². The summed E-state index contributed by atoms with van der Waals surface area (Å²) in [5, 5.41) is 3.37. The Morgan fingerprint density at radius 1 is 1.00 bits per heavy atom. The van der Waals surface area contributed by atoms with Crippen LogP contribution in [0.15, 0.2) is 12.1 Å². The van der Waals surface area contributed by atoms with Crippen molar-refractivity contribution >= 4 is 0 Å². The summed E-state index contributed by atoms with van der Waals surface area (Å²) in [6, 6.07) is 4.08. The van der Waals surface area contributed by atoms with Crippen LogP contribution in [-0.4, -0.2) is 52.4 Å². The van der Waals surface area contributed by atoms with Crippen LogP contribution < -0.4 is 14.8 Å². The molecule has 5 heteroatoms. The number of methoxy groups -OCH3 is 3. The van der Waals surface area contributed by atoms with Gasteiger partial charge in [-0.15, -0.1) is 0 Å². The number of hydrogen-bond acceptors (Lipinski definition) is 5. The monoisotopic (exact) mass is 280 g/mol. The summed E-state index contributed by atoms with van der Waals surface area (Å²) < 4.78 is 16.1. The molecule has 0 unspecified atom stereocenters. The van der Waals surface area contributed by atoms with Gasteiger partial charge in [0.15, 0.2) is 11.5 Å². The summed E-state index contributed by atoms with van der Waals surface area (Å²) in [5.74, 6) is 1.53. The molecule has 0 amide bonds. The molecule has 1 aromatic rings. The lowest BCUT2D eigenvalue weighted by atomic mass is 10.1. The number of nitrogens with zero attached hydrogens (tertiary/aromatic N) is 1. The molecule has 0 spiro atoms. The number of hydrogen-bond donors (Lipinski definition) is 1. The number of piperazine rings is 1. The van der Waals surface area contributed by atoms with Crippen molar-refractivity contribution in [3.8, 4) is 11.5 Å². The maximum Gasteiger partial charge on any atom is 0.161 e. The highest BCUT2D eigenvalue weighted by atomic mass is 16.5. The molecular weight excluding hydrogens is 256 g/mol. The van der Waals surface area contributed by atoms with Crippen LogP contribution >= 0.6 is 0 Å². The van der Waals surface area contributed by atoms with Gasteiger partial charge < -0.3 is 19.5 Å². The average molecular weight is 280 g/mol. The van der Waals surface area contributed by atoms with Crippen molar-refractivity contribution in [2.75, 3.05) is 47.5 Å². The Bertz CT molecular complexity index is 431. The van der Waals surface area contributed by atoms with Gasteiger partial charge in [0, 0.05) is 39.8 Å². The van der Waals surface area contributed by atoms with Gasteiger partial charge in [-0.1, -0.05) is 0 Å². The van der Waals surface area contributed by atoms with Gasteiger partial charge in [0.05, 0.1) is 20.8 Å². The van der Waals surface area contributed by atoms with Crippen LogP contribution in [0.2, 0.25) is 0 Å². The molecule has 1 aliphatic heterocycles. The summed E-state index contributed by atoms with van der Waals surface area (Å²) >= 11 is 0. The van der Waals surface area contributed by atoms with Crippen molar-refractivity contribution in [3.05, 3.63) is 23.3 Å². The Morgan fingerprint density at radius 3 is 2.15 bits per heavy atom. The highest BCUT2D eigenvalue weighted by Gasteiger charge is 2.15. The Morgan fingerprint density at radius 2 is 1.60 bits per heavy atom. The number of rotatable bonds is 6. The Kier molecular flexibility index (Phi) is 5.64. The normalized spacial score (nSPS) is 16.1. The molecular formula is C15H24N2O3. The molecule has 20 heavy (non-hydrogen) atoms. The molecule has 0 aromatic heterocycles. The van der Waals surface area contributed by atoms with E-state index < -0.39 is 0 Å². The second kappa shape index (κ2) is 7.47. The van der Waals surface area contributed by atoms with Gasteiger partial charge in [0.2, 0.25) is 0 Å². The van der Waals surface area contributed by atoms with Gasteiger partial charge in [0.1, 0.15) is 0 Å². The lowest BCUT2D eigenvalue weighted by Crippen LogP contribution is -2.43. The molecule has 5 nitrogen and oxygen atoms in total. The largest absolute Gasteiger partial charge is 0.493 e. The zero-order valence-electron chi connectivity index (χ0n) is 12.6. The fourth-order valence-corrected chi connectivity index (χ4v) is 2.51. The van der Waals surface area contributed by atoms with Gasteiger partial charge in [-0.25, -0.2) is 0 Å². The molecule has 0 saturated carbocycles. The summed E-state index contributed by atoms with van der Waals surface area (Å²) in [6.07, 6.45) is 0. The maximum atomic E-state index is 5.40. The van der Waals surface area contributed by atoms with E-state index in [0.717, 1.165) is 49.8 Å². The van der Waals surface area contributed by atoms with Crippen molar-refractivity contribution in [1.82, 2.24) is 10.2 Å². The van der Waals surface area contributed by atoms with Crippen molar-refractivity contribution < 1.29 is 14.2 Å². The van der Waals surface area contributed by atoms with E-state index in [4.69, 9.17) is 14.2 Å². The third-order valence-corrected chi connectivity index (χ3v) is 3.61. The van der Waals surface area contributed by atoms with E-state index in [1.807, 2.05) is 6.07 Å². The quantitative estimate of drug-likeness (QED) is 0.849. The number of nitrogens with one attached hydrogen (secondary N) is 1. The predicted octanol–water partition coefficient (Wildman–Crippen LogP) is 1.26. The molecule has 0 atom stereocenters. The van der Waals surface area contributed by atoms with Gasteiger partial charge in [-0.2, -0.15) is 0 Å². The van der Waals surface area contributed by atoms with E-state index >= 15 is 0 Å². The lowest BCUT2D eigenvalue weighted by Gasteiger charge is -2.28. The van der Waals surface area contributed by atoms with Crippen molar-refractivity contribution in [1.29, 1.82) is 0 Å². The molecule has 1 fully saturated rings. The van der Waals surface area contributed by atoms with Gasteiger partial charge in [-0.05, 0) is 23.3 Å². The van der Waals surface area contributed by atoms with Crippen molar-refractivity contribution in [2.45, 2.75) is 13.2 Å². The predicted molar refractivity (Wildman–Crippen MR) is 78.4 cm³/mol. The van der Waals surface area contributed by atoms with E-state index in [1.165, 1.54) is 5.56 Å². The SMILES string of the molecule is COCc1cc(OC)c(OC)cc1CN1CCNCC1. The highest BCUT2D eigenvalue weighted by Crippen LogP contribution is 2.31. The van der Waals surface area contributed by atoms with E-state index in [-0.39, 0.29) is 0 Å². The number of benzene rings is 1. The Hall–Kier alpha value is -1.30. The van der Waals surface area contributed by atoms with E-state index in [9.17, 15) is 0 Å². The molecule has 0 bridgehead atoms.